The van der Waals surface area contributed by atoms with Crippen molar-refractivity contribution in [2.75, 3.05) is 29.9 Å². The smallest absolute Gasteiger partial charge is 0.207 e. The molecule has 2 N–H and O–H groups in total. The molecular formula is C20H24FN7O. The van der Waals surface area contributed by atoms with Gasteiger partial charge in [-0.3, -0.25) is 4.79 Å². The lowest BCUT2D eigenvalue weighted by molar-refractivity contribution is -0.109. The van der Waals surface area contributed by atoms with E-state index in [2.05, 4.69) is 25.6 Å². The second-order valence-electron chi connectivity index (χ2n) is 7.18. The van der Waals surface area contributed by atoms with Crippen LogP contribution in [0.1, 0.15) is 36.4 Å². The number of carbonyl (C=O) groups excluding carboxylic acids is 1. The van der Waals surface area contributed by atoms with Crippen molar-refractivity contribution in [3.63, 3.8) is 0 Å². The fourth-order valence-corrected chi connectivity index (χ4v) is 3.81. The minimum absolute atomic E-state index is 0.00743. The van der Waals surface area contributed by atoms with E-state index in [1.807, 2.05) is 19.2 Å². The molecule has 1 saturated heterocycles. The summed E-state index contributed by atoms with van der Waals surface area (Å²) in [4.78, 5) is 21.6. The number of halogens is 1. The summed E-state index contributed by atoms with van der Waals surface area (Å²) >= 11 is 0. The lowest BCUT2D eigenvalue weighted by Gasteiger charge is -2.27. The van der Waals surface area contributed by atoms with Gasteiger partial charge in [-0.25, -0.2) is 18.9 Å². The van der Waals surface area contributed by atoms with Crippen LogP contribution in [0.15, 0.2) is 30.7 Å². The number of fused-ring (bicyclic) bond motifs is 1. The van der Waals surface area contributed by atoms with Crippen LogP contribution in [-0.4, -0.2) is 45.6 Å². The minimum Gasteiger partial charge on any atom is -0.370 e. The van der Waals surface area contributed by atoms with Gasteiger partial charge >= 0.3 is 0 Å². The molecule has 0 aromatic carbocycles. The van der Waals surface area contributed by atoms with Gasteiger partial charge in [0, 0.05) is 37.0 Å². The Kier molecular flexibility index (Phi) is 5.55. The van der Waals surface area contributed by atoms with Crippen molar-refractivity contribution in [2.45, 2.75) is 32.2 Å². The van der Waals surface area contributed by atoms with Crippen LogP contribution >= 0.6 is 0 Å². The molecular weight excluding hydrogens is 373 g/mol. The molecule has 1 fully saturated rings. The fourth-order valence-electron chi connectivity index (χ4n) is 3.81. The van der Waals surface area contributed by atoms with Crippen molar-refractivity contribution in [3.8, 4) is 0 Å². The molecule has 0 radical (unpaired) electrons. The van der Waals surface area contributed by atoms with Gasteiger partial charge in [0.25, 0.3) is 0 Å². The highest BCUT2D eigenvalue weighted by Crippen LogP contribution is 2.38. The fraction of sp³-hybridized carbons (Fsp3) is 0.400. The highest BCUT2D eigenvalue weighted by molar-refractivity contribution is 5.56. The second kappa shape index (κ2) is 8.42. The lowest BCUT2D eigenvalue weighted by Crippen LogP contribution is -2.25. The number of anilines is 2. The van der Waals surface area contributed by atoms with Crippen molar-refractivity contribution in [3.05, 3.63) is 47.7 Å². The zero-order valence-corrected chi connectivity index (χ0v) is 16.3. The number of hydrogen-bond donors (Lipinski definition) is 2. The van der Waals surface area contributed by atoms with Crippen molar-refractivity contribution in [1.82, 2.24) is 24.9 Å². The highest BCUT2D eigenvalue weighted by atomic mass is 19.1. The number of amides is 1. The maximum atomic E-state index is 14.1. The Morgan fingerprint density at radius 1 is 1.34 bits per heavy atom. The molecule has 0 saturated carbocycles. The highest BCUT2D eigenvalue weighted by Gasteiger charge is 2.30. The van der Waals surface area contributed by atoms with Gasteiger partial charge in [-0.05, 0) is 38.3 Å². The number of carbonyl (C=O) groups is 1. The van der Waals surface area contributed by atoms with E-state index >= 15 is 0 Å². The van der Waals surface area contributed by atoms with Gasteiger partial charge in [-0.1, -0.05) is 0 Å². The Morgan fingerprint density at radius 2 is 2.24 bits per heavy atom. The molecule has 0 spiro atoms. The normalized spacial score (nSPS) is 16.3. The molecule has 152 valence electrons. The van der Waals surface area contributed by atoms with E-state index in [0.717, 1.165) is 48.4 Å². The molecule has 1 atom stereocenters. The first kappa shape index (κ1) is 19.1. The van der Waals surface area contributed by atoms with E-state index < -0.39 is 0 Å². The maximum Gasteiger partial charge on any atom is 0.207 e. The first-order valence-corrected chi connectivity index (χ1v) is 9.81. The summed E-state index contributed by atoms with van der Waals surface area (Å²) in [7, 11) is 0. The zero-order chi connectivity index (χ0) is 20.2. The second-order valence-corrected chi connectivity index (χ2v) is 7.18. The Balaban J connectivity index is 1.59. The number of pyridine rings is 1. The molecule has 0 aliphatic carbocycles. The number of hydrogen-bond acceptors (Lipinski definition) is 6. The first-order chi connectivity index (χ1) is 14.2. The summed E-state index contributed by atoms with van der Waals surface area (Å²) < 4.78 is 15.8. The molecule has 9 heteroatoms. The molecule has 0 unspecified atom stereocenters. The quantitative estimate of drug-likeness (QED) is 0.449. The van der Waals surface area contributed by atoms with Gasteiger partial charge in [-0.2, -0.15) is 5.10 Å². The Morgan fingerprint density at radius 3 is 3.10 bits per heavy atom. The van der Waals surface area contributed by atoms with Crippen LogP contribution in [0.4, 0.5) is 16.0 Å². The van der Waals surface area contributed by atoms with Gasteiger partial charge in [0.2, 0.25) is 6.41 Å². The largest absolute Gasteiger partial charge is 0.370 e. The first-order valence-electron chi connectivity index (χ1n) is 9.81. The number of rotatable bonds is 8. The van der Waals surface area contributed by atoms with Crippen LogP contribution in [-0.2, 0) is 4.79 Å². The third kappa shape index (κ3) is 3.98. The predicted molar refractivity (Wildman–Crippen MR) is 108 cm³/mol. The van der Waals surface area contributed by atoms with E-state index in [4.69, 9.17) is 4.98 Å². The SMILES string of the molecule is Cc1cnn2ccc(N3CCC[C@@H]3c3cc(F)cnc3NCCCNC=O)nc12. The van der Waals surface area contributed by atoms with Gasteiger partial charge in [0.15, 0.2) is 5.65 Å². The number of nitrogens with one attached hydrogen (secondary N) is 2. The average molecular weight is 397 g/mol. The molecule has 0 bridgehead atoms. The maximum absolute atomic E-state index is 14.1. The van der Waals surface area contributed by atoms with Gasteiger partial charge in [0.05, 0.1) is 18.4 Å². The molecule has 1 aliphatic heterocycles. The minimum atomic E-state index is -0.352. The van der Waals surface area contributed by atoms with E-state index in [9.17, 15) is 9.18 Å². The summed E-state index contributed by atoms with van der Waals surface area (Å²) in [6.45, 7) is 4.05. The van der Waals surface area contributed by atoms with E-state index in [1.54, 1.807) is 16.8 Å². The molecule has 29 heavy (non-hydrogen) atoms. The van der Waals surface area contributed by atoms with Crippen molar-refractivity contribution < 1.29 is 9.18 Å². The lowest BCUT2D eigenvalue weighted by atomic mass is 10.0. The van der Waals surface area contributed by atoms with Gasteiger partial charge < -0.3 is 15.5 Å². The number of nitrogens with zero attached hydrogens (tertiary/aromatic N) is 5. The zero-order valence-electron chi connectivity index (χ0n) is 16.3. The van der Waals surface area contributed by atoms with Crippen molar-refractivity contribution in [1.29, 1.82) is 0 Å². The molecule has 3 aromatic heterocycles. The number of aryl methyl sites for hydroxylation is 1. The van der Waals surface area contributed by atoms with E-state index in [-0.39, 0.29) is 11.9 Å². The van der Waals surface area contributed by atoms with E-state index in [0.29, 0.717) is 25.3 Å². The molecule has 4 heterocycles. The standard InChI is InChI=1S/C20H24FN7O/c1-14-11-25-28-9-5-18(26-20(14)28)27-8-2-4-17(27)16-10-15(21)12-24-19(16)23-7-3-6-22-13-29/h5,9-13,17H,2-4,6-8H2,1H3,(H,22,29)(H,23,24)/t17-/m1/s1. The topological polar surface area (TPSA) is 87.5 Å². The Bertz CT molecular complexity index is 1010. The van der Waals surface area contributed by atoms with E-state index in [1.165, 1.54) is 6.20 Å². The predicted octanol–water partition coefficient (Wildman–Crippen LogP) is 2.46. The summed E-state index contributed by atoms with van der Waals surface area (Å²) in [5, 5.41) is 10.2. The Hall–Kier alpha value is -3.23. The Labute approximate surface area is 168 Å². The molecule has 8 nitrogen and oxygen atoms in total. The average Bonchev–Trinajstić information content (AvgIpc) is 3.36. The van der Waals surface area contributed by atoms with Gasteiger partial charge in [-0.15, -0.1) is 0 Å². The summed E-state index contributed by atoms with van der Waals surface area (Å²) in [6, 6.07) is 3.50. The van der Waals surface area contributed by atoms with Crippen LogP contribution in [0.25, 0.3) is 5.65 Å². The summed E-state index contributed by atoms with van der Waals surface area (Å²) in [5.74, 6) is 1.18. The van der Waals surface area contributed by atoms with Gasteiger partial charge in [0.1, 0.15) is 17.5 Å². The third-order valence-electron chi connectivity index (χ3n) is 5.19. The summed E-state index contributed by atoms with van der Waals surface area (Å²) in [5.41, 5.74) is 2.67. The molecule has 1 amide bonds. The summed E-state index contributed by atoms with van der Waals surface area (Å²) in [6.07, 6.45) is 8.27. The van der Waals surface area contributed by atoms with Crippen molar-refractivity contribution >= 4 is 23.7 Å². The van der Waals surface area contributed by atoms with Crippen LogP contribution in [0, 0.1) is 12.7 Å². The van der Waals surface area contributed by atoms with Crippen molar-refractivity contribution in [2.24, 2.45) is 0 Å². The van der Waals surface area contributed by atoms with Crippen LogP contribution < -0.4 is 15.5 Å². The third-order valence-corrected chi connectivity index (χ3v) is 5.19. The molecule has 4 rings (SSSR count). The number of aromatic nitrogens is 4. The van der Waals surface area contributed by atoms with Crippen LogP contribution in [0.5, 0.6) is 0 Å². The van der Waals surface area contributed by atoms with Crippen LogP contribution in [0.3, 0.4) is 0 Å². The molecule has 3 aromatic rings. The van der Waals surface area contributed by atoms with Crippen LogP contribution in [0.2, 0.25) is 0 Å². The monoisotopic (exact) mass is 397 g/mol. The molecule has 1 aliphatic rings.